The summed E-state index contributed by atoms with van der Waals surface area (Å²) in [5.41, 5.74) is 1.64. The van der Waals surface area contributed by atoms with Gasteiger partial charge in [-0.15, -0.1) is 0 Å². The lowest BCUT2D eigenvalue weighted by Crippen LogP contribution is -2.36. The fourth-order valence-electron chi connectivity index (χ4n) is 3.72. The number of anilines is 2. The molecule has 3 heterocycles. The van der Waals surface area contributed by atoms with Crippen molar-refractivity contribution in [2.24, 2.45) is 0 Å². The van der Waals surface area contributed by atoms with Crippen LogP contribution in [0.2, 0.25) is 0 Å². The van der Waals surface area contributed by atoms with Crippen molar-refractivity contribution < 1.29 is 23.4 Å². The van der Waals surface area contributed by atoms with E-state index in [0.29, 0.717) is 40.0 Å². The van der Waals surface area contributed by atoms with E-state index >= 15 is 0 Å². The fraction of sp³-hybridized carbons (Fsp3) is 0.364. The number of benzene rings is 1. The molecule has 1 fully saturated rings. The van der Waals surface area contributed by atoms with Crippen molar-refractivity contribution in [1.29, 1.82) is 0 Å². The standard InChI is InChI=1S/C22H25N3O5/c1-27-18-11-14(12-19(28-2)20(18)29-3)23-21-15-7-10-30-17(15)13-16(24-21)22(26)25-8-5-4-6-9-25/h7,10-13H,4-6,8-9H2,1-3H3,(H,23,24). The van der Waals surface area contributed by atoms with Crippen molar-refractivity contribution in [3.63, 3.8) is 0 Å². The maximum absolute atomic E-state index is 13.0. The Morgan fingerprint density at radius 2 is 1.73 bits per heavy atom. The van der Waals surface area contributed by atoms with Crippen molar-refractivity contribution >= 4 is 28.4 Å². The number of nitrogens with one attached hydrogen (secondary N) is 1. The first-order chi connectivity index (χ1) is 14.6. The minimum atomic E-state index is -0.0825. The number of amides is 1. The summed E-state index contributed by atoms with van der Waals surface area (Å²) < 4.78 is 21.8. The van der Waals surface area contributed by atoms with E-state index in [-0.39, 0.29) is 5.91 Å². The SMILES string of the molecule is COc1cc(Nc2nc(C(=O)N3CCCCC3)cc3occc23)cc(OC)c1OC. The fourth-order valence-corrected chi connectivity index (χ4v) is 3.72. The van der Waals surface area contributed by atoms with Gasteiger partial charge in [0.1, 0.15) is 17.1 Å². The molecule has 158 valence electrons. The van der Waals surface area contributed by atoms with E-state index in [2.05, 4.69) is 10.3 Å². The van der Waals surface area contributed by atoms with Crippen LogP contribution in [-0.4, -0.2) is 50.2 Å². The molecule has 30 heavy (non-hydrogen) atoms. The number of carbonyl (C=O) groups excluding carboxylic acids is 1. The molecular weight excluding hydrogens is 386 g/mol. The molecule has 1 N–H and O–H groups in total. The van der Waals surface area contributed by atoms with Crippen molar-refractivity contribution in [2.45, 2.75) is 19.3 Å². The average molecular weight is 411 g/mol. The molecule has 0 unspecified atom stereocenters. The molecule has 0 bridgehead atoms. The predicted molar refractivity (Wildman–Crippen MR) is 113 cm³/mol. The maximum Gasteiger partial charge on any atom is 0.272 e. The Kier molecular flexibility index (Phi) is 5.65. The largest absolute Gasteiger partial charge is 0.493 e. The first-order valence-electron chi connectivity index (χ1n) is 9.89. The van der Waals surface area contributed by atoms with E-state index in [1.54, 1.807) is 45.8 Å². The normalized spacial score (nSPS) is 13.9. The van der Waals surface area contributed by atoms with Gasteiger partial charge in [0.2, 0.25) is 5.75 Å². The van der Waals surface area contributed by atoms with Crippen LogP contribution >= 0.6 is 0 Å². The molecule has 8 heteroatoms. The van der Waals surface area contributed by atoms with Crippen LogP contribution in [0.3, 0.4) is 0 Å². The molecule has 4 rings (SSSR count). The average Bonchev–Trinajstić information content (AvgIpc) is 3.27. The number of furan rings is 1. The van der Waals surface area contributed by atoms with Gasteiger partial charge in [-0.2, -0.15) is 0 Å². The van der Waals surface area contributed by atoms with Crippen molar-refractivity contribution in [3.8, 4) is 17.2 Å². The van der Waals surface area contributed by atoms with Gasteiger partial charge in [-0.1, -0.05) is 0 Å². The number of aromatic nitrogens is 1. The molecule has 1 aromatic carbocycles. The summed E-state index contributed by atoms with van der Waals surface area (Å²) in [6.45, 7) is 1.51. The number of pyridine rings is 1. The Labute approximate surface area is 174 Å². The van der Waals surface area contributed by atoms with Gasteiger partial charge < -0.3 is 28.8 Å². The Balaban J connectivity index is 1.72. The minimum Gasteiger partial charge on any atom is -0.493 e. The van der Waals surface area contributed by atoms with E-state index in [1.807, 2.05) is 11.0 Å². The summed E-state index contributed by atoms with van der Waals surface area (Å²) in [7, 11) is 4.68. The van der Waals surface area contributed by atoms with E-state index in [1.165, 1.54) is 0 Å². The number of methoxy groups -OCH3 is 3. The highest BCUT2D eigenvalue weighted by molar-refractivity contribution is 5.99. The quantitative estimate of drug-likeness (QED) is 0.650. The van der Waals surface area contributed by atoms with Gasteiger partial charge in [-0.05, 0) is 25.3 Å². The minimum absolute atomic E-state index is 0.0825. The van der Waals surface area contributed by atoms with Crippen LogP contribution < -0.4 is 19.5 Å². The molecule has 1 aliphatic rings. The number of piperidine rings is 1. The van der Waals surface area contributed by atoms with Crippen molar-refractivity contribution in [2.75, 3.05) is 39.7 Å². The first-order valence-corrected chi connectivity index (χ1v) is 9.89. The zero-order valence-corrected chi connectivity index (χ0v) is 17.4. The lowest BCUT2D eigenvalue weighted by molar-refractivity contribution is 0.0718. The number of hydrogen-bond acceptors (Lipinski definition) is 7. The summed E-state index contributed by atoms with van der Waals surface area (Å²) in [4.78, 5) is 19.5. The first kappa shape index (κ1) is 19.9. The summed E-state index contributed by atoms with van der Waals surface area (Å²) in [5, 5.41) is 4.05. The Hall–Kier alpha value is -3.42. The monoisotopic (exact) mass is 411 g/mol. The third-order valence-corrected chi connectivity index (χ3v) is 5.24. The zero-order valence-electron chi connectivity index (χ0n) is 17.4. The molecule has 8 nitrogen and oxygen atoms in total. The molecule has 0 saturated carbocycles. The van der Waals surface area contributed by atoms with E-state index in [9.17, 15) is 4.79 Å². The third-order valence-electron chi connectivity index (χ3n) is 5.24. The number of hydrogen-bond donors (Lipinski definition) is 1. The summed E-state index contributed by atoms with van der Waals surface area (Å²) in [6, 6.07) is 7.09. The van der Waals surface area contributed by atoms with Crippen LogP contribution in [0.15, 0.2) is 34.9 Å². The third kappa shape index (κ3) is 3.72. The molecule has 2 aromatic heterocycles. The van der Waals surface area contributed by atoms with Crippen LogP contribution in [-0.2, 0) is 0 Å². The zero-order chi connectivity index (χ0) is 21.1. The van der Waals surface area contributed by atoms with E-state index in [0.717, 1.165) is 37.7 Å². The number of ether oxygens (including phenoxy) is 3. The molecule has 1 amide bonds. The number of nitrogens with zero attached hydrogens (tertiary/aromatic N) is 2. The maximum atomic E-state index is 13.0. The smallest absolute Gasteiger partial charge is 0.272 e. The van der Waals surface area contributed by atoms with Gasteiger partial charge in [0.05, 0.1) is 33.0 Å². The lowest BCUT2D eigenvalue weighted by Gasteiger charge is -2.26. The van der Waals surface area contributed by atoms with Crippen LogP contribution in [0, 0.1) is 0 Å². The van der Waals surface area contributed by atoms with Crippen LogP contribution in [0.5, 0.6) is 17.2 Å². The Bertz CT molecular complexity index is 1030. The molecule has 0 aliphatic carbocycles. The lowest BCUT2D eigenvalue weighted by atomic mass is 10.1. The molecule has 1 aliphatic heterocycles. The van der Waals surface area contributed by atoms with Gasteiger partial charge >= 0.3 is 0 Å². The highest BCUT2D eigenvalue weighted by Crippen LogP contribution is 2.41. The number of likely N-dealkylation sites (tertiary alicyclic amines) is 1. The second-order valence-corrected chi connectivity index (χ2v) is 7.08. The van der Waals surface area contributed by atoms with Crippen LogP contribution in [0.25, 0.3) is 11.0 Å². The summed E-state index contributed by atoms with van der Waals surface area (Å²) in [5.74, 6) is 1.98. The van der Waals surface area contributed by atoms with Gasteiger partial charge in [0, 0.05) is 37.0 Å². The molecule has 3 aromatic rings. The van der Waals surface area contributed by atoms with Gasteiger partial charge in [-0.25, -0.2) is 4.98 Å². The van der Waals surface area contributed by atoms with Crippen molar-refractivity contribution in [3.05, 3.63) is 36.2 Å². The Morgan fingerprint density at radius 3 is 2.37 bits per heavy atom. The summed E-state index contributed by atoms with van der Waals surface area (Å²) >= 11 is 0. The van der Waals surface area contributed by atoms with Crippen LogP contribution in [0.4, 0.5) is 11.5 Å². The van der Waals surface area contributed by atoms with E-state index in [4.69, 9.17) is 18.6 Å². The number of rotatable bonds is 6. The number of fused-ring (bicyclic) bond motifs is 1. The van der Waals surface area contributed by atoms with Gasteiger partial charge in [0.25, 0.3) is 5.91 Å². The Morgan fingerprint density at radius 1 is 1.03 bits per heavy atom. The molecule has 0 atom stereocenters. The van der Waals surface area contributed by atoms with E-state index < -0.39 is 0 Å². The predicted octanol–water partition coefficient (Wildman–Crippen LogP) is 4.22. The molecule has 0 spiro atoms. The molecule has 0 radical (unpaired) electrons. The van der Waals surface area contributed by atoms with Gasteiger partial charge in [0.15, 0.2) is 11.5 Å². The topological polar surface area (TPSA) is 86.1 Å². The molecule has 1 saturated heterocycles. The summed E-state index contributed by atoms with van der Waals surface area (Å²) in [6.07, 6.45) is 4.78. The highest BCUT2D eigenvalue weighted by Gasteiger charge is 2.22. The second-order valence-electron chi connectivity index (χ2n) is 7.08. The number of carbonyl (C=O) groups is 1. The van der Waals surface area contributed by atoms with Crippen LogP contribution in [0.1, 0.15) is 29.8 Å². The van der Waals surface area contributed by atoms with Gasteiger partial charge in [-0.3, -0.25) is 4.79 Å². The highest BCUT2D eigenvalue weighted by atomic mass is 16.5. The van der Waals surface area contributed by atoms with Crippen molar-refractivity contribution in [1.82, 2.24) is 9.88 Å². The second kappa shape index (κ2) is 8.52. The molecular formula is C22H25N3O5.